The zero-order valence-corrected chi connectivity index (χ0v) is 24.6. The highest BCUT2D eigenvalue weighted by Gasteiger charge is 2.32. The van der Waals surface area contributed by atoms with Crippen LogP contribution in [0.1, 0.15) is 37.9 Å². The summed E-state index contributed by atoms with van der Waals surface area (Å²) in [5.41, 5.74) is 4.43. The fourth-order valence-corrected chi connectivity index (χ4v) is 4.01. The Kier molecular flexibility index (Phi) is 12.0. The van der Waals surface area contributed by atoms with Crippen LogP contribution in [0.2, 0.25) is 0 Å². The lowest BCUT2D eigenvalue weighted by molar-refractivity contribution is -0.143. The van der Waals surface area contributed by atoms with Gasteiger partial charge in [-0.3, -0.25) is 5.43 Å². The molecular weight excluding hydrogens is 564 g/mol. The lowest BCUT2D eigenvalue weighted by atomic mass is 9.95. The van der Waals surface area contributed by atoms with Crippen molar-refractivity contribution in [2.24, 2.45) is 5.10 Å². The Morgan fingerprint density at radius 1 is 0.977 bits per heavy atom. The number of methoxy groups -OCH3 is 2. The topological polar surface area (TPSA) is 175 Å². The van der Waals surface area contributed by atoms with E-state index in [9.17, 15) is 19.5 Å². The lowest BCUT2D eigenvalue weighted by Gasteiger charge is -2.28. The summed E-state index contributed by atoms with van der Waals surface area (Å²) < 4.78 is 32.0. The summed E-state index contributed by atoms with van der Waals surface area (Å²) in [6, 6.07) is 8.73. The van der Waals surface area contributed by atoms with Crippen molar-refractivity contribution in [2.45, 2.75) is 33.0 Å². The van der Waals surface area contributed by atoms with Crippen molar-refractivity contribution in [3.05, 3.63) is 58.8 Å². The number of urea groups is 1. The number of rotatable bonds is 15. The SMILES string of the molecule is CCOc1cc(/C=N\N[C@@H](O)COc2ccc([C@H]3NC(=O)NC(C)=C3C(=O)OC)cc2OCC)ccc1OCC(=O)OC. The van der Waals surface area contributed by atoms with Crippen LogP contribution < -0.4 is 35.0 Å². The van der Waals surface area contributed by atoms with Crippen LogP contribution in [0.4, 0.5) is 4.79 Å². The van der Waals surface area contributed by atoms with Crippen molar-refractivity contribution in [3.8, 4) is 23.0 Å². The standard InChI is InChI=1S/C29H36N4O10/c1-6-40-22-12-18(8-10-20(22)43-16-25(35)38-4)14-30-33-24(34)15-42-21-11-9-19(13-23(21)41-7-2)27-26(28(36)39-5)17(3)31-29(37)32-27/h8-14,24,27,33-34H,6-7,15-16H2,1-5H3,(H2,31,32,37)/b30-14-/t24-,27+/m0/s1. The molecule has 2 aromatic carbocycles. The number of esters is 2. The normalized spacial score (nSPS) is 15.2. The molecule has 232 valence electrons. The average molecular weight is 601 g/mol. The van der Waals surface area contributed by atoms with Gasteiger partial charge >= 0.3 is 18.0 Å². The van der Waals surface area contributed by atoms with Crippen molar-refractivity contribution >= 4 is 24.2 Å². The molecule has 2 atom stereocenters. The van der Waals surface area contributed by atoms with Crippen LogP contribution in [0.25, 0.3) is 0 Å². The number of allylic oxidation sites excluding steroid dienone is 1. The molecule has 0 saturated heterocycles. The molecule has 1 aliphatic heterocycles. The monoisotopic (exact) mass is 600 g/mol. The molecule has 0 aliphatic carbocycles. The van der Waals surface area contributed by atoms with E-state index in [2.05, 4.69) is 25.9 Å². The molecule has 3 rings (SSSR count). The summed E-state index contributed by atoms with van der Waals surface area (Å²) in [7, 11) is 2.54. The second kappa shape index (κ2) is 15.9. The quantitative estimate of drug-likeness (QED) is 0.102. The number of amides is 2. The minimum absolute atomic E-state index is 0.183. The minimum atomic E-state index is -1.18. The fraction of sp³-hybridized carbons (Fsp3) is 0.379. The van der Waals surface area contributed by atoms with E-state index in [1.807, 2.05) is 6.92 Å². The first-order valence-electron chi connectivity index (χ1n) is 13.4. The molecule has 2 aromatic rings. The maximum absolute atomic E-state index is 12.4. The third-order valence-electron chi connectivity index (χ3n) is 5.95. The molecule has 1 heterocycles. The molecule has 0 spiro atoms. The van der Waals surface area contributed by atoms with Crippen molar-refractivity contribution in [2.75, 3.05) is 40.6 Å². The lowest BCUT2D eigenvalue weighted by Crippen LogP contribution is -2.45. The highest BCUT2D eigenvalue weighted by molar-refractivity contribution is 5.95. The molecule has 14 nitrogen and oxygen atoms in total. The minimum Gasteiger partial charge on any atom is -0.490 e. The summed E-state index contributed by atoms with van der Waals surface area (Å²) in [6.45, 7) is 5.48. The van der Waals surface area contributed by atoms with E-state index >= 15 is 0 Å². The second-order valence-corrected chi connectivity index (χ2v) is 8.92. The first kappa shape index (κ1) is 32.5. The molecule has 0 saturated carbocycles. The van der Waals surface area contributed by atoms with Gasteiger partial charge in [0.15, 0.2) is 35.8 Å². The number of benzene rings is 2. The van der Waals surface area contributed by atoms with Gasteiger partial charge in [0.1, 0.15) is 6.61 Å². The Morgan fingerprint density at radius 2 is 1.65 bits per heavy atom. The summed E-state index contributed by atoms with van der Waals surface area (Å²) >= 11 is 0. The van der Waals surface area contributed by atoms with Gasteiger partial charge in [0.05, 0.1) is 45.3 Å². The number of aliphatic hydroxyl groups excluding tert-OH is 1. The van der Waals surface area contributed by atoms with Crippen molar-refractivity contribution in [1.29, 1.82) is 0 Å². The second-order valence-electron chi connectivity index (χ2n) is 8.92. The summed E-state index contributed by atoms with van der Waals surface area (Å²) in [5.74, 6) is 0.368. The maximum atomic E-state index is 12.4. The smallest absolute Gasteiger partial charge is 0.343 e. The number of carbonyl (C=O) groups excluding carboxylic acids is 3. The summed E-state index contributed by atoms with van der Waals surface area (Å²) in [4.78, 5) is 35.9. The van der Waals surface area contributed by atoms with Crippen LogP contribution in [0, 0.1) is 0 Å². The third-order valence-corrected chi connectivity index (χ3v) is 5.95. The Hall–Kier alpha value is -4.98. The number of nitrogens with one attached hydrogen (secondary N) is 3. The number of carbonyl (C=O) groups is 3. The van der Waals surface area contributed by atoms with Crippen LogP contribution >= 0.6 is 0 Å². The van der Waals surface area contributed by atoms with E-state index < -0.39 is 30.2 Å². The van der Waals surface area contributed by atoms with E-state index in [1.54, 1.807) is 50.2 Å². The Morgan fingerprint density at radius 3 is 2.33 bits per heavy atom. The van der Waals surface area contributed by atoms with Gasteiger partial charge in [-0.05, 0) is 62.2 Å². The van der Waals surface area contributed by atoms with E-state index in [4.69, 9.17) is 23.7 Å². The molecular formula is C29H36N4O10. The Bertz CT molecular complexity index is 1360. The van der Waals surface area contributed by atoms with Gasteiger partial charge in [-0.15, -0.1) is 0 Å². The number of aliphatic hydroxyl groups is 1. The van der Waals surface area contributed by atoms with Gasteiger partial charge in [-0.2, -0.15) is 5.10 Å². The van der Waals surface area contributed by atoms with Crippen molar-refractivity contribution in [3.63, 3.8) is 0 Å². The van der Waals surface area contributed by atoms with Crippen LogP contribution in [0.3, 0.4) is 0 Å². The predicted octanol–water partition coefficient (Wildman–Crippen LogP) is 2.16. The highest BCUT2D eigenvalue weighted by atomic mass is 16.6. The molecule has 1 aliphatic rings. The van der Waals surface area contributed by atoms with E-state index in [1.165, 1.54) is 20.4 Å². The predicted molar refractivity (Wildman–Crippen MR) is 154 cm³/mol. The van der Waals surface area contributed by atoms with Crippen LogP contribution in [0.15, 0.2) is 52.8 Å². The van der Waals surface area contributed by atoms with Crippen LogP contribution in [0.5, 0.6) is 23.0 Å². The van der Waals surface area contributed by atoms with Gasteiger partial charge in [0.25, 0.3) is 0 Å². The van der Waals surface area contributed by atoms with Crippen molar-refractivity contribution < 1.29 is 47.9 Å². The van der Waals surface area contributed by atoms with Crippen LogP contribution in [-0.4, -0.2) is 76.2 Å². The molecule has 2 amide bonds. The molecule has 0 unspecified atom stereocenters. The summed E-state index contributed by atoms with van der Waals surface area (Å²) in [6.07, 6.45) is 0.289. The number of hydrogen-bond donors (Lipinski definition) is 4. The van der Waals surface area contributed by atoms with E-state index in [0.29, 0.717) is 53.0 Å². The van der Waals surface area contributed by atoms with Gasteiger partial charge in [-0.25, -0.2) is 14.4 Å². The molecule has 14 heteroatoms. The van der Waals surface area contributed by atoms with Gasteiger partial charge in [0, 0.05) is 5.70 Å². The molecule has 0 bridgehead atoms. The highest BCUT2D eigenvalue weighted by Crippen LogP contribution is 2.35. The van der Waals surface area contributed by atoms with E-state index in [-0.39, 0.29) is 18.8 Å². The Labute approximate surface area is 248 Å². The first-order valence-corrected chi connectivity index (χ1v) is 13.4. The van der Waals surface area contributed by atoms with Crippen molar-refractivity contribution in [1.82, 2.24) is 16.1 Å². The zero-order valence-electron chi connectivity index (χ0n) is 24.6. The largest absolute Gasteiger partial charge is 0.490 e. The number of hydrazone groups is 1. The molecule has 0 radical (unpaired) electrons. The van der Waals surface area contributed by atoms with Gasteiger partial charge < -0.3 is 44.2 Å². The third kappa shape index (κ3) is 9.00. The molecule has 43 heavy (non-hydrogen) atoms. The van der Waals surface area contributed by atoms with Gasteiger partial charge in [0.2, 0.25) is 0 Å². The first-order chi connectivity index (χ1) is 20.7. The van der Waals surface area contributed by atoms with Crippen LogP contribution in [-0.2, 0) is 19.1 Å². The molecule has 0 aromatic heterocycles. The zero-order chi connectivity index (χ0) is 31.4. The fourth-order valence-electron chi connectivity index (χ4n) is 4.01. The number of nitrogens with zero attached hydrogens (tertiary/aromatic N) is 1. The Balaban J connectivity index is 1.65. The molecule has 0 fully saturated rings. The maximum Gasteiger partial charge on any atom is 0.343 e. The number of ether oxygens (including phenoxy) is 6. The summed E-state index contributed by atoms with van der Waals surface area (Å²) in [5, 5.41) is 19.7. The van der Waals surface area contributed by atoms with E-state index in [0.717, 1.165) is 0 Å². The average Bonchev–Trinajstić information content (AvgIpc) is 2.99. The van der Waals surface area contributed by atoms with Gasteiger partial charge in [-0.1, -0.05) is 6.07 Å². The molecule has 4 N–H and O–H groups in total. The number of hydrogen-bond acceptors (Lipinski definition) is 12.